The molecule has 0 aliphatic carbocycles. The Morgan fingerprint density at radius 2 is 0.562 bits per heavy atom. The van der Waals surface area contributed by atoms with Gasteiger partial charge in [-0.2, -0.15) is 0 Å². The number of ether oxygens (including phenoxy) is 4. The Bertz CT molecular complexity index is 1950. The highest BCUT2D eigenvalue weighted by Gasteiger charge is 2.30. The SMILES string of the molecule is CCCCCC/C=C\C=C/CCCCCCCC(=O)OC[C@H](COP(=O)(O)OC[C@@H](O)COP(=O)(O)OC[C@@H](COC(=O)CCCCCCCCCCCC)OC(=O)CCCCCCCCCCCCC(C)C)OC(=O)CCCCCCCCCCCCCCCCCC(C)C. The summed E-state index contributed by atoms with van der Waals surface area (Å²) in [5, 5.41) is 10.6. The number of allylic oxidation sites excluding steroid dienone is 4. The monoisotopic (exact) mass is 1410 g/mol. The van der Waals surface area contributed by atoms with Crippen LogP contribution in [0.25, 0.3) is 0 Å². The number of phosphoric ester groups is 2. The summed E-state index contributed by atoms with van der Waals surface area (Å²) < 4.78 is 68.5. The highest BCUT2D eigenvalue weighted by Crippen LogP contribution is 2.45. The van der Waals surface area contributed by atoms with Gasteiger partial charge in [0.05, 0.1) is 26.4 Å². The van der Waals surface area contributed by atoms with Crippen molar-refractivity contribution in [2.45, 2.75) is 394 Å². The first kappa shape index (κ1) is 93.5. The van der Waals surface area contributed by atoms with Gasteiger partial charge in [0.25, 0.3) is 0 Å². The van der Waals surface area contributed by atoms with E-state index < -0.39 is 97.5 Å². The summed E-state index contributed by atoms with van der Waals surface area (Å²) in [4.78, 5) is 72.8. The molecule has 5 atom stereocenters. The van der Waals surface area contributed by atoms with E-state index in [-0.39, 0.29) is 25.7 Å². The fourth-order valence-electron chi connectivity index (χ4n) is 11.3. The van der Waals surface area contributed by atoms with Crippen LogP contribution in [0.15, 0.2) is 24.3 Å². The lowest BCUT2D eigenvalue weighted by molar-refractivity contribution is -0.161. The molecule has 3 N–H and O–H groups in total. The van der Waals surface area contributed by atoms with Gasteiger partial charge in [0.1, 0.15) is 19.3 Å². The van der Waals surface area contributed by atoms with E-state index in [0.717, 1.165) is 121 Å². The standard InChI is InChI=1S/C77H146O17P2/c1-7-9-11-13-15-17-19-20-22-26-29-36-42-48-54-60-75(80)88-66-73(93-76(81)61-55-49-43-37-30-27-24-21-23-25-28-33-39-45-51-57-69(3)4)68-92-96(85,86)90-64-71(78)63-89-95(83,84)91-67-72(65-87-74(79)59-53-47-41-35-18-16-14-12-10-8-2)94-77(82)62-56-50-44-38-32-31-34-40-46-52-58-70(5)6/h17,19-20,22,69-73,78H,7-16,18,21,23-68H2,1-6H3,(H,83,84)(H,85,86)/b19-17-,22-20-/t71-,72+,73+/m0/s1. The fourth-order valence-corrected chi connectivity index (χ4v) is 12.9. The summed E-state index contributed by atoms with van der Waals surface area (Å²) in [6, 6.07) is 0. The van der Waals surface area contributed by atoms with E-state index in [9.17, 15) is 43.2 Å². The summed E-state index contributed by atoms with van der Waals surface area (Å²) in [7, 11) is -9.92. The first-order valence-electron chi connectivity index (χ1n) is 39.3. The van der Waals surface area contributed by atoms with Crippen molar-refractivity contribution in [2.75, 3.05) is 39.6 Å². The van der Waals surface area contributed by atoms with Gasteiger partial charge in [0.15, 0.2) is 12.2 Å². The van der Waals surface area contributed by atoms with Crippen LogP contribution in [0.1, 0.15) is 375 Å². The molecule has 19 heteroatoms. The molecule has 0 bridgehead atoms. The Labute approximate surface area is 586 Å². The van der Waals surface area contributed by atoms with Crippen molar-refractivity contribution in [3.05, 3.63) is 24.3 Å². The van der Waals surface area contributed by atoms with Gasteiger partial charge in [0, 0.05) is 25.7 Å². The lowest BCUT2D eigenvalue weighted by Crippen LogP contribution is -2.30. The first-order valence-corrected chi connectivity index (χ1v) is 42.3. The Kier molecular flexibility index (Phi) is 66.6. The molecule has 0 radical (unpaired) electrons. The van der Waals surface area contributed by atoms with Crippen molar-refractivity contribution < 1.29 is 80.2 Å². The maximum absolute atomic E-state index is 13.1. The van der Waals surface area contributed by atoms with Crippen LogP contribution in [0.5, 0.6) is 0 Å². The predicted octanol–water partition coefficient (Wildman–Crippen LogP) is 22.3. The van der Waals surface area contributed by atoms with E-state index in [1.807, 2.05) is 0 Å². The molecule has 0 aromatic heterocycles. The molecule has 0 aliphatic rings. The Morgan fingerprint density at radius 1 is 0.323 bits per heavy atom. The zero-order valence-corrected chi connectivity index (χ0v) is 63.9. The molecule has 0 aromatic carbocycles. The largest absolute Gasteiger partial charge is 0.472 e. The van der Waals surface area contributed by atoms with Crippen LogP contribution in [-0.4, -0.2) is 96.7 Å². The Hall–Kier alpha value is -2.46. The Balaban J connectivity index is 5.28. The molecule has 96 heavy (non-hydrogen) atoms. The first-order chi connectivity index (χ1) is 46.4. The van der Waals surface area contributed by atoms with Gasteiger partial charge in [0.2, 0.25) is 0 Å². The van der Waals surface area contributed by atoms with Crippen molar-refractivity contribution in [2.24, 2.45) is 11.8 Å². The van der Waals surface area contributed by atoms with Gasteiger partial charge in [-0.05, 0) is 63.2 Å². The number of phosphoric acid groups is 2. The topological polar surface area (TPSA) is 237 Å². The van der Waals surface area contributed by atoms with Crippen molar-refractivity contribution in [3.8, 4) is 0 Å². The number of esters is 4. The van der Waals surface area contributed by atoms with Crippen molar-refractivity contribution in [1.82, 2.24) is 0 Å². The zero-order chi connectivity index (χ0) is 70.7. The number of hydrogen-bond acceptors (Lipinski definition) is 15. The molecule has 0 heterocycles. The number of aliphatic hydroxyl groups excluding tert-OH is 1. The lowest BCUT2D eigenvalue weighted by atomic mass is 10.0. The third-order valence-electron chi connectivity index (χ3n) is 17.3. The van der Waals surface area contributed by atoms with E-state index in [1.165, 1.54) is 173 Å². The van der Waals surface area contributed by atoms with E-state index in [4.69, 9.17) is 37.0 Å². The molecule has 0 spiro atoms. The molecule has 2 unspecified atom stereocenters. The van der Waals surface area contributed by atoms with Crippen LogP contribution in [0.2, 0.25) is 0 Å². The molecular weight excluding hydrogens is 1260 g/mol. The van der Waals surface area contributed by atoms with Crippen LogP contribution in [0.4, 0.5) is 0 Å². The van der Waals surface area contributed by atoms with Crippen molar-refractivity contribution >= 4 is 39.5 Å². The van der Waals surface area contributed by atoms with Crippen LogP contribution in [-0.2, 0) is 65.4 Å². The molecule has 0 fully saturated rings. The molecule has 0 aromatic rings. The summed E-state index contributed by atoms with van der Waals surface area (Å²) in [6.45, 7) is 9.54. The van der Waals surface area contributed by atoms with E-state index in [0.29, 0.717) is 25.7 Å². The number of aliphatic hydroxyl groups is 1. The van der Waals surface area contributed by atoms with E-state index >= 15 is 0 Å². The maximum Gasteiger partial charge on any atom is 0.472 e. The molecule has 0 saturated carbocycles. The quantitative estimate of drug-likeness (QED) is 0.0169. The third kappa shape index (κ3) is 70.0. The van der Waals surface area contributed by atoms with Gasteiger partial charge < -0.3 is 33.8 Å². The second-order valence-electron chi connectivity index (χ2n) is 28.0. The Morgan fingerprint density at radius 3 is 0.854 bits per heavy atom. The van der Waals surface area contributed by atoms with Gasteiger partial charge in [-0.3, -0.25) is 37.3 Å². The number of carbonyl (C=O) groups is 4. The molecule has 0 saturated heterocycles. The maximum atomic E-state index is 13.1. The molecule has 0 rings (SSSR count). The lowest BCUT2D eigenvalue weighted by Gasteiger charge is -2.21. The fraction of sp³-hybridized carbons (Fsp3) is 0.896. The molecule has 0 aliphatic heterocycles. The van der Waals surface area contributed by atoms with E-state index in [1.54, 1.807) is 0 Å². The molecule has 17 nitrogen and oxygen atoms in total. The number of unbranched alkanes of at least 4 members (excludes halogenated alkanes) is 41. The highest BCUT2D eigenvalue weighted by molar-refractivity contribution is 7.47. The van der Waals surface area contributed by atoms with Crippen LogP contribution >= 0.6 is 15.6 Å². The van der Waals surface area contributed by atoms with Gasteiger partial charge in [-0.15, -0.1) is 0 Å². The second kappa shape index (κ2) is 68.3. The summed E-state index contributed by atoms with van der Waals surface area (Å²) >= 11 is 0. The minimum absolute atomic E-state index is 0.101. The average Bonchev–Trinajstić information content (AvgIpc) is 1.51. The van der Waals surface area contributed by atoms with E-state index in [2.05, 4.69) is 65.8 Å². The number of rotatable bonds is 74. The second-order valence-corrected chi connectivity index (χ2v) is 30.9. The van der Waals surface area contributed by atoms with Crippen molar-refractivity contribution in [3.63, 3.8) is 0 Å². The van der Waals surface area contributed by atoms with Gasteiger partial charge in [-0.1, -0.05) is 323 Å². The minimum atomic E-state index is -4.97. The van der Waals surface area contributed by atoms with Gasteiger partial charge >= 0.3 is 39.5 Å². The third-order valence-corrected chi connectivity index (χ3v) is 19.2. The highest BCUT2D eigenvalue weighted by atomic mass is 31.2. The number of carbonyl (C=O) groups excluding carboxylic acids is 4. The van der Waals surface area contributed by atoms with Crippen LogP contribution < -0.4 is 0 Å². The average molecular weight is 1410 g/mol. The van der Waals surface area contributed by atoms with Crippen molar-refractivity contribution in [1.29, 1.82) is 0 Å². The normalized spacial score (nSPS) is 14.2. The molecule has 0 amide bonds. The smallest absolute Gasteiger partial charge is 0.462 e. The summed E-state index contributed by atoms with van der Waals surface area (Å²) in [5.74, 6) is -0.593. The van der Waals surface area contributed by atoms with Crippen LogP contribution in [0, 0.1) is 11.8 Å². The minimum Gasteiger partial charge on any atom is -0.462 e. The van der Waals surface area contributed by atoms with Gasteiger partial charge in [-0.25, -0.2) is 9.13 Å². The molecular formula is C77H146O17P2. The zero-order valence-electron chi connectivity index (χ0n) is 62.2. The summed E-state index contributed by atoms with van der Waals surface area (Å²) in [5.41, 5.74) is 0. The molecule has 566 valence electrons. The predicted molar refractivity (Wildman–Crippen MR) is 391 cm³/mol. The summed E-state index contributed by atoms with van der Waals surface area (Å²) in [6.07, 6.45) is 59.0. The number of hydrogen-bond donors (Lipinski definition) is 3. The van der Waals surface area contributed by atoms with Crippen LogP contribution in [0.3, 0.4) is 0 Å².